The van der Waals surface area contributed by atoms with Gasteiger partial charge in [-0.2, -0.15) is 0 Å². The van der Waals surface area contributed by atoms with E-state index in [2.05, 4.69) is 10.1 Å². The van der Waals surface area contributed by atoms with Gasteiger partial charge < -0.3 is 25.4 Å². The van der Waals surface area contributed by atoms with Crippen molar-refractivity contribution >= 4 is 17.9 Å². The molecule has 21 heavy (non-hydrogen) atoms. The zero-order valence-corrected chi connectivity index (χ0v) is 12.6. The van der Waals surface area contributed by atoms with Gasteiger partial charge in [0.2, 0.25) is 5.91 Å². The Balaban J connectivity index is 2.87. The van der Waals surface area contributed by atoms with E-state index in [-0.39, 0.29) is 25.0 Å². The summed E-state index contributed by atoms with van der Waals surface area (Å²) in [4.78, 5) is 36.8. The fourth-order valence-electron chi connectivity index (χ4n) is 2.26. The van der Waals surface area contributed by atoms with Gasteiger partial charge in [0.15, 0.2) is 6.04 Å². The summed E-state index contributed by atoms with van der Waals surface area (Å²) in [6, 6.07) is -2.31. The number of hydrogen-bond acceptors (Lipinski definition) is 5. The number of nitrogens with one attached hydrogen (secondary N) is 1. The smallest absolute Gasteiger partial charge is 0.331 e. The summed E-state index contributed by atoms with van der Waals surface area (Å²) in [5.74, 6) is -0.699. The normalized spacial score (nSPS) is 20.0. The van der Waals surface area contributed by atoms with Crippen molar-refractivity contribution in [3.63, 3.8) is 0 Å². The minimum atomic E-state index is -0.791. The Hall–Kier alpha value is -1.83. The largest absolute Gasteiger partial charge is 0.467 e. The van der Waals surface area contributed by atoms with Crippen LogP contribution in [0, 0.1) is 5.92 Å². The molecule has 1 aliphatic rings. The third-order valence-corrected chi connectivity index (χ3v) is 3.21. The Labute approximate surface area is 123 Å². The lowest BCUT2D eigenvalue weighted by molar-refractivity contribution is -0.161. The molecular weight excluding hydrogens is 278 g/mol. The first-order valence-electron chi connectivity index (χ1n) is 6.88. The number of morpholine rings is 1. The average Bonchev–Trinajstić information content (AvgIpc) is 2.44. The van der Waals surface area contributed by atoms with Crippen molar-refractivity contribution in [2.45, 2.75) is 32.4 Å². The molecule has 0 aromatic carbocycles. The van der Waals surface area contributed by atoms with Crippen molar-refractivity contribution in [2.75, 3.05) is 26.9 Å². The number of ether oxygens (including phenoxy) is 2. The molecule has 3 N–H and O–H groups in total. The highest BCUT2D eigenvalue weighted by atomic mass is 16.5. The van der Waals surface area contributed by atoms with Crippen molar-refractivity contribution < 1.29 is 23.9 Å². The van der Waals surface area contributed by atoms with Crippen LogP contribution in [0.3, 0.4) is 0 Å². The van der Waals surface area contributed by atoms with E-state index in [1.807, 2.05) is 13.8 Å². The summed E-state index contributed by atoms with van der Waals surface area (Å²) in [7, 11) is 1.26. The molecular formula is C13H23N3O5. The van der Waals surface area contributed by atoms with Crippen LogP contribution in [0.2, 0.25) is 0 Å². The molecule has 2 unspecified atom stereocenters. The molecule has 3 amide bonds. The van der Waals surface area contributed by atoms with E-state index in [9.17, 15) is 14.4 Å². The number of hydrogen-bond donors (Lipinski definition) is 2. The third kappa shape index (κ3) is 4.89. The molecule has 1 heterocycles. The van der Waals surface area contributed by atoms with Gasteiger partial charge in [-0.15, -0.1) is 0 Å². The number of amides is 3. The summed E-state index contributed by atoms with van der Waals surface area (Å²) in [6.07, 6.45) is 0.438. The van der Waals surface area contributed by atoms with Gasteiger partial charge in [0.25, 0.3) is 0 Å². The molecule has 0 saturated carbocycles. The second-order valence-corrected chi connectivity index (χ2v) is 5.34. The molecule has 0 aromatic rings. The SMILES string of the molecule is COC(=O)C1COCCN1C(=O)C(CC(C)C)NC(N)=O. The Morgan fingerprint density at radius 3 is 2.62 bits per heavy atom. The van der Waals surface area contributed by atoms with Crippen LogP contribution in [0.4, 0.5) is 4.79 Å². The summed E-state index contributed by atoms with van der Waals surface area (Å²) in [5, 5.41) is 2.44. The lowest BCUT2D eigenvalue weighted by Crippen LogP contribution is -2.59. The van der Waals surface area contributed by atoms with E-state index < -0.39 is 24.1 Å². The maximum absolute atomic E-state index is 12.6. The standard InChI is InChI=1S/C13H23N3O5/c1-8(2)6-9(15-13(14)19)11(17)16-4-5-21-7-10(16)12(18)20-3/h8-10H,4-7H2,1-3H3,(H3,14,15,19). The molecule has 1 fully saturated rings. The Morgan fingerprint density at radius 2 is 2.10 bits per heavy atom. The fraction of sp³-hybridized carbons (Fsp3) is 0.769. The first-order chi connectivity index (χ1) is 9.86. The monoisotopic (exact) mass is 301 g/mol. The molecule has 120 valence electrons. The van der Waals surface area contributed by atoms with Crippen LogP contribution >= 0.6 is 0 Å². The fourth-order valence-corrected chi connectivity index (χ4v) is 2.26. The van der Waals surface area contributed by atoms with Gasteiger partial charge in [-0.3, -0.25) is 4.79 Å². The predicted octanol–water partition coefficient (Wildman–Crippen LogP) is -0.530. The number of primary amides is 1. The molecule has 0 bridgehead atoms. The second kappa shape index (κ2) is 7.82. The zero-order valence-electron chi connectivity index (χ0n) is 12.6. The Morgan fingerprint density at radius 1 is 1.43 bits per heavy atom. The van der Waals surface area contributed by atoms with Crippen LogP contribution < -0.4 is 11.1 Å². The first-order valence-corrected chi connectivity index (χ1v) is 6.88. The van der Waals surface area contributed by atoms with Crippen LogP contribution in [-0.4, -0.2) is 61.8 Å². The van der Waals surface area contributed by atoms with Crippen LogP contribution in [0.25, 0.3) is 0 Å². The summed E-state index contributed by atoms with van der Waals surface area (Å²) in [6.45, 7) is 4.56. The van der Waals surface area contributed by atoms with Gasteiger partial charge in [-0.05, 0) is 12.3 Å². The van der Waals surface area contributed by atoms with Gasteiger partial charge in [-0.1, -0.05) is 13.8 Å². The lowest BCUT2D eigenvalue weighted by atomic mass is 10.0. The minimum Gasteiger partial charge on any atom is -0.467 e. The molecule has 8 heteroatoms. The number of esters is 1. The van der Waals surface area contributed by atoms with Crippen molar-refractivity contribution in [3.05, 3.63) is 0 Å². The number of urea groups is 1. The Bertz CT molecular complexity index is 399. The maximum atomic E-state index is 12.6. The molecule has 1 rings (SSSR count). The van der Waals surface area contributed by atoms with Crippen LogP contribution in [0.1, 0.15) is 20.3 Å². The maximum Gasteiger partial charge on any atom is 0.331 e. The van der Waals surface area contributed by atoms with Crippen LogP contribution in [0.15, 0.2) is 0 Å². The van der Waals surface area contributed by atoms with E-state index in [0.29, 0.717) is 13.0 Å². The Kier molecular flexibility index (Phi) is 6.41. The quantitative estimate of drug-likeness (QED) is 0.663. The van der Waals surface area contributed by atoms with Gasteiger partial charge >= 0.3 is 12.0 Å². The first kappa shape index (κ1) is 17.2. The van der Waals surface area contributed by atoms with Crippen LogP contribution in [-0.2, 0) is 19.1 Å². The van der Waals surface area contributed by atoms with Crippen molar-refractivity contribution in [1.82, 2.24) is 10.2 Å². The van der Waals surface area contributed by atoms with E-state index >= 15 is 0 Å². The highest BCUT2D eigenvalue weighted by molar-refractivity contribution is 5.90. The molecule has 1 aliphatic heterocycles. The molecule has 0 aromatic heterocycles. The number of carbonyl (C=O) groups excluding carboxylic acids is 3. The van der Waals surface area contributed by atoms with Gasteiger partial charge in [0.1, 0.15) is 6.04 Å². The average molecular weight is 301 g/mol. The number of nitrogens with two attached hydrogens (primary N) is 1. The molecule has 0 aliphatic carbocycles. The van der Waals surface area contributed by atoms with Crippen molar-refractivity contribution in [2.24, 2.45) is 11.7 Å². The van der Waals surface area contributed by atoms with Gasteiger partial charge in [0.05, 0.1) is 20.3 Å². The third-order valence-electron chi connectivity index (χ3n) is 3.21. The van der Waals surface area contributed by atoms with E-state index in [4.69, 9.17) is 10.5 Å². The van der Waals surface area contributed by atoms with Crippen molar-refractivity contribution in [1.29, 1.82) is 0 Å². The van der Waals surface area contributed by atoms with E-state index in [0.717, 1.165) is 0 Å². The molecule has 8 nitrogen and oxygen atoms in total. The van der Waals surface area contributed by atoms with Crippen LogP contribution in [0.5, 0.6) is 0 Å². The molecule has 0 radical (unpaired) electrons. The second-order valence-electron chi connectivity index (χ2n) is 5.34. The highest BCUT2D eigenvalue weighted by Crippen LogP contribution is 2.14. The summed E-state index contributed by atoms with van der Waals surface area (Å²) < 4.78 is 9.91. The molecule has 2 atom stereocenters. The molecule has 1 saturated heterocycles. The number of rotatable bonds is 5. The van der Waals surface area contributed by atoms with Gasteiger partial charge in [0, 0.05) is 6.54 Å². The molecule has 0 spiro atoms. The number of carbonyl (C=O) groups is 3. The summed E-state index contributed by atoms with van der Waals surface area (Å²) in [5.41, 5.74) is 5.12. The zero-order chi connectivity index (χ0) is 16.0. The summed E-state index contributed by atoms with van der Waals surface area (Å²) >= 11 is 0. The highest BCUT2D eigenvalue weighted by Gasteiger charge is 2.37. The minimum absolute atomic E-state index is 0.0867. The number of nitrogens with zero attached hydrogens (tertiary/aromatic N) is 1. The van der Waals surface area contributed by atoms with E-state index in [1.165, 1.54) is 12.0 Å². The van der Waals surface area contributed by atoms with Crippen molar-refractivity contribution in [3.8, 4) is 0 Å². The number of methoxy groups -OCH3 is 1. The predicted molar refractivity (Wildman–Crippen MR) is 74.3 cm³/mol. The van der Waals surface area contributed by atoms with E-state index in [1.54, 1.807) is 0 Å². The topological polar surface area (TPSA) is 111 Å². The van der Waals surface area contributed by atoms with Gasteiger partial charge in [-0.25, -0.2) is 9.59 Å². The lowest BCUT2D eigenvalue weighted by Gasteiger charge is -2.36.